The Labute approximate surface area is 74.5 Å². The first kappa shape index (κ1) is 9.58. The first-order valence-corrected chi connectivity index (χ1v) is 4.82. The third-order valence-corrected chi connectivity index (χ3v) is 2.68. The molecular weight excluding hydrogens is 151 g/mol. The Bertz CT molecular complexity index is 187. The van der Waals surface area contributed by atoms with Gasteiger partial charge in [-0.1, -0.05) is 25.7 Å². The quantitative estimate of drug-likeness (QED) is 0.385. The molecular formula is C11H17F. The van der Waals surface area contributed by atoms with Gasteiger partial charge in [0.05, 0.1) is 5.92 Å². The molecule has 1 saturated carbocycles. The highest BCUT2D eigenvalue weighted by molar-refractivity contribution is 5.04. The monoisotopic (exact) mass is 168 g/mol. The Morgan fingerprint density at radius 2 is 1.92 bits per heavy atom. The van der Waals surface area contributed by atoms with Crippen molar-refractivity contribution >= 4 is 0 Å². The maximum absolute atomic E-state index is 13.6. The second kappa shape index (κ2) is 4.50. The van der Waals surface area contributed by atoms with E-state index in [9.17, 15) is 4.39 Å². The van der Waals surface area contributed by atoms with Crippen molar-refractivity contribution in [2.45, 2.75) is 45.7 Å². The van der Waals surface area contributed by atoms with Crippen LogP contribution in [0.4, 0.5) is 4.39 Å². The molecule has 1 aliphatic rings. The molecule has 1 rings (SSSR count). The number of halogens is 1. The molecule has 0 saturated heterocycles. The van der Waals surface area contributed by atoms with Gasteiger partial charge in [0.25, 0.3) is 0 Å². The summed E-state index contributed by atoms with van der Waals surface area (Å²) in [6.45, 7) is 3.79. The molecule has 0 bridgehead atoms. The van der Waals surface area contributed by atoms with Crippen LogP contribution in [0.15, 0.2) is 0 Å². The summed E-state index contributed by atoms with van der Waals surface area (Å²) in [4.78, 5) is 0. The molecule has 0 spiro atoms. The van der Waals surface area contributed by atoms with E-state index in [0.717, 1.165) is 19.3 Å². The molecule has 0 radical (unpaired) electrons. The van der Waals surface area contributed by atoms with E-state index in [2.05, 4.69) is 11.8 Å². The van der Waals surface area contributed by atoms with Crippen LogP contribution in [0.3, 0.4) is 0 Å². The van der Waals surface area contributed by atoms with Gasteiger partial charge in [-0.2, -0.15) is 0 Å². The van der Waals surface area contributed by atoms with E-state index in [1.165, 1.54) is 6.42 Å². The first-order valence-electron chi connectivity index (χ1n) is 4.82. The van der Waals surface area contributed by atoms with Crippen LogP contribution in [-0.4, -0.2) is 6.17 Å². The van der Waals surface area contributed by atoms with Crippen molar-refractivity contribution < 1.29 is 4.39 Å². The van der Waals surface area contributed by atoms with Crippen LogP contribution in [0.25, 0.3) is 0 Å². The van der Waals surface area contributed by atoms with Crippen molar-refractivity contribution in [2.75, 3.05) is 0 Å². The highest BCUT2D eigenvalue weighted by Gasteiger charge is 2.27. The molecule has 12 heavy (non-hydrogen) atoms. The second-order valence-electron chi connectivity index (χ2n) is 3.71. The Morgan fingerprint density at radius 3 is 2.58 bits per heavy atom. The fourth-order valence-corrected chi connectivity index (χ4v) is 1.88. The van der Waals surface area contributed by atoms with Crippen molar-refractivity contribution in [3.05, 3.63) is 0 Å². The molecule has 0 amide bonds. The summed E-state index contributed by atoms with van der Waals surface area (Å²) >= 11 is 0. The molecule has 0 aromatic carbocycles. The van der Waals surface area contributed by atoms with Crippen LogP contribution in [0.5, 0.6) is 0 Å². The SMILES string of the molecule is CC#CC1CCCCC(C)C1F. The van der Waals surface area contributed by atoms with Crippen LogP contribution in [-0.2, 0) is 0 Å². The lowest BCUT2D eigenvalue weighted by Crippen LogP contribution is -2.20. The minimum atomic E-state index is -0.694. The summed E-state index contributed by atoms with van der Waals surface area (Å²) in [7, 11) is 0. The highest BCUT2D eigenvalue weighted by atomic mass is 19.1. The molecule has 68 valence electrons. The predicted octanol–water partition coefficient (Wildman–Crippen LogP) is 3.17. The molecule has 1 heteroatoms. The topological polar surface area (TPSA) is 0 Å². The molecule has 1 aliphatic carbocycles. The lowest BCUT2D eigenvalue weighted by atomic mass is 9.93. The minimum absolute atomic E-state index is 0.00694. The fraction of sp³-hybridized carbons (Fsp3) is 0.818. The third kappa shape index (κ3) is 2.24. The summed E-state index contributed by atoms with van der Waals surface area (Å²) in [5.41, 5.74) is 0. The van der Waals surface area contributed by atoms with E-state index in [1.807, 2.05) is 6.92 Å². The molecule has 0 heterocycles. The molecule has 3 atom stereocenters. The zero-order chi connectivity index (χ0) is 8.97. The number of alkyl halides is 1. The van der Waals surface area contributed by atoms with E-state index in [4.69, 9.17) is 0 Å². The van der Waals surface area contributed by atoms with Gasteiger partial charge in [0.1, 0.15) is 6.17 Å². The molecule has 0 aromatic rings. The van der Waals surface area contributed by atoms with E-state index in [-0.39, 0.29) is 11.8 Å². The smallest absolute Gasteiger partial charge is 0.116 e. The van der Waals surface area contributed by atoms with Crippen molar-refractivity contribution in [1.29, 1.82) is 0 Å². The van der Waals surface area contributed by atoms with Crippen molar-refractivity contribution in [3.8, 4) is 11.8 Å². The zero-order valence-electron chi connectivity index (χ0n) is 7.94. The molecule has 0 aromatic heterocycles. The van der Waals surface area contributed by atoms with Crippen LogP contribution in [0.2, 0.25) is 0 Å². The average molecular weight is 168 g/mol. The van der Waals surface area contributed by atoms with Gasteiger partial charge in [0.2, 0.25) is 0 Å². The summed E-state index contributed by atoms with van der Waals surface area (Å²) in [6, 6.07) is 0. The molecule has 0 nitrogen and oxygen atoms in total. The maximum Gasteiger partial charge on any atom is 0.116 e. The van der Waals surface area contributed by atoms with Gasteiger partial charge in [-0.05, 0) is 25.7 Å². The van der Waals surface area contributed by atoms with Crippen molar-refractivity contribution in [2.24, 2.45) is 11.8 Å². The van der Waals surface area contributed by atoms with Gasteiger partial charge in [0.15, 0.2) is 0 Å². The van der Waals surface area contributed by atoms with Gasteiger partial charge < -0.3 is 0 Å². The van der Waals surface area contributed by atoms with E-state index < -0.39 is 6.17 Å². The van der Waals surface area contributed by atoms with E-state index in [1.54, 1.807) is 6.92 Å². The lowest BCUT2D eigenvalue weighted by molar-refractivity contribution is 0.193. The van der Waals surface area contributed by atoms with Gasteiger partial charge in [-0.25, -0.2) is 4.39 Å². The van der Waals surface area contributed by atoms with E-state index in [0.29, 0.717) is 0 Å². The second-order valence-corrected chi connectivity index (χ2v) is 3.71. The van der Waals surface area contributed by atoms with Crippen molar-refractivity contribution in [1.82, 2.24) is 0 Å². The highest BCUT2D eigenvalue weighted by Crippen LogP contribution is 2.29. The number of hydrogen-bond acceptors (Lipinski definition) is 0. The zero-order valence-corrected chi connectivity index (χ0v) is 7.94. The van der Waals surface area contributed by atoms with Crippen LogP contribution in [0, 0.1) is 23.7 Å². The molecule has 3 unspecified atom stereocenters. The van der Waals surface area contributed by atoms with Gasteiger partial charge in [-0.15, -0.1) is 5.92 Å². The van der Waals surface area contributed by atoms with Crippen LogP contribution >= 0.6 is 0 Å². The summed E-state index contributed by atoms with van der Waals surface area (Å²) < 4.78 is 13.6. The first-order chi connectivity index (χ1) is 5.75. The maximum atomic E-state index is 13.6. The van der Waals surface area contributed by atoms with Crippen LogP contribution in [0.1, 0.15) is 39.5 Å². The van der Waals surface area contributed by atoms with Crippen molar-refractivity contribution in [3.63, 3.8) is 0 Å². The Hall–Kier alpha value is -0.510. The Morgan fingerprint density at radius 1 is 1.25 bits per heavy atom. The average Bonchev–Trinajstić information content (AvgIpc) is 2.20. The van der Waals surface area contributed by atoms with Crippen LogP contribution < -0.4 is 0 Å². The summed E-state index contributed by atoms with van der Waals surface area (Å²) in [5, 5.41) is 0. The minimum Gasteiger partial charge on any atom is -0.246 e. The summed E-state index contributed by atoms with van der Waals surface area (Å²) in [5.74, 6) is 6.02. The fourth-order valence-electron chi connectivity index (χ4n) is 1.88. The molecule has 1 fully saturated rings. The summed E-state index contributed by atoms with van der Waals surface area (Å²) in [6.07, 6.45) is 3.60. The van der Waals surface area contributed by atoms with Gasteiger partial charge in [-0.3, -0.25) is 0 Å². The standard InChI is InChI=1S/C11H17F/c1-3-6-10-8-5-4-7-9(2)11(10)12/h9-11H,4-5,7-8H2,1-2H3. The molecule has 0 N–H and O–H groups in total. The Balaban J connectivity index is 2.61. The molecule has 0 aliphatic heterocycles. The predicted molar refractivity (Wildman–Crippen MR) is 49.5 cm³/mol. The largest absolute Gasteiger partial charge is 0.246 e. The Kier molecular flexibility index (Phi) is 3.59. The van der Waals surface area contributed by atoms with Gasteiger partial charge in [0, 0.05) is 0 Å². The third-order valence-electron chi connectivity index (χ3n) is 2.68. The normalized spacial score (nSPS) is 36.4. The van der Waals surface area contributed by atoms with Gasteiger partial charge >= 0.3 is 0 Å². The number of hydrogen-bond donors (Lipinski definition) is 0. The number of rotatable bonds is 0. The van der Waals surface area contributed by atoms with E-state index >= 15 is 0 Å². The lowest BCUT2D eigenvalue weighted by Gasteiger charge is -2.17.